The molecule has 0 bridgehead atoms. The van der Waals surface area contributed by atoms with E-state index >= 15 is 0 Å². The number of morpholine rings is 1. The summed E-state index contributed by atoms with van der Waals surface area (Å²) < 4.78 is 6.61. The molecule has 0 unspecified atom stereocenters. The minimum absolute atomic E-state index is 0.154. The van der Waals surface area contributed by atoms with Gasteiger partial charge in [-0.1, -0.05) is 0 Å². The maximum atomic E-state index is 12.7. The molecule has 2 aromatic heterocycles. The SMILES string of the molecule is O=C(N1CCOCC1)N1CCCN(c2nccc3sccc23)CC1. The molecule has 0 aliphatic carbocycles. The van der Waals surface area contributed by atoms with E-state index in [1.807, 2.05) is 16.0 Å². The van der Waals surface area contributed by atoms with E-state index in [1.165, 1.54) is 10.1 Å². The monoisotopic (exact) mass is 346 g/mol. The minimum Gasteiger partial charge on any atom is -0.378 e. The highest BCUT2D eigenvalue weighted by molar-refractivity contribution is 7.17. The first-order chi connectivity index (χ1) is 11.8. The van der Waals surface area contributed by atoms with Crippen molar-refractivity contribution in [3.63, 3.8) is 0 Å². The zero-order valence-electron chi connectivity index (χ0n) is 13.7. The Bertz CT molecular complexity index is 713. The number of hydrogen-bond donors (Lipinski definition) is 0. The number of nitrogens with zero attached hydrogens (tertiary/aromatic N) is 4. The lowest BCUT2D eigenvalue weighted by Gasteiger charge is -2.32. The van der Waals surface area contributed by atoms with E-state index in [9.17, 15) is 4.79 Å². The lowest BCUT2D eigenvalue weighted by atomic mass is 10.3. The van der Waals surface area contributed by atoms with Gasteiger partial charge in [0.2, 0.25) is 0 Å². The van der Waals surface area contributed by atoms with E-state index in [0.29, 0.717) is 26.3 Å². The van der Waals surface area contributed by atoms with E-state index in [2.05, 4.69) is 27.4 Å². The number of thiophene rings is 1. The number of aromatic nitrogens is 1. The van der Waals surface area contributed by atoms with Crippen molar-refractivity contribution < 1.29 is 9.53 Å². The van der Waals surface area contributed by atoms with Crippen LogP contribution in [0.4, 0.5) is 10.6 Å². The summed E-state index contributed by atoms with van der Waals surface area (Å²) in [5.41, 5.74) is 0. The molecular weight excluding hydrogens is 324 g/mol. The molecule has 2 saturated heterocycles. The van der Waals surface area contributed by atoms with Gasteiger partial charge in [0, 0.05) is 55.6 Å². The number of carbonyl (C=O) groups excluding carboxylic acids is 1. The maximum absolute atomic E-state index is 12.7. The van der Waals surface area contributed by atoms with Crippen LogP contribution in [0.2, 0.25) is 0 Å². The molecule has 0 atom stereocenters. The normalized spacial score (nSPS) is 19.6. The number of rotatable bonds is 1. The van der Waals surface area contributed by atoms with Crippen LogP contribution < -0.4 is 4.90 Å². The van der Waals surface area contributed by atoms with Crippen LogP contribution in [-0.4, -0.2) is 73.3 Å². The van der Waals surface area contributed by atoms with Gasteiger partial charge in [0.25, 0.3) is 0 Å². The van der Waals surface area contributed by atoms with Crippen molar-refractivity contribution >= 4 is 33.3 Å². The molecular formula is C17H22N4O2S. The molecule has 7 heteroatoms. The summed E-state index contributed by atoms with van der Waals surface area (Å²) in [4.78, 5) is 23.5. The van der Waals surface area contributed by atoms with Crippen molar-refractivity contribution in [1.82, 2.24) is 14.8 Å². The Morgan fingerprint density at radius 2 is 1.88 bits per heavy atom. The van der Waals surface area contributed by atoms with Crippen molar-refractivity contribution in [3.8, 4) is 0 Å². The topological polar surface area (TPSA) is 48.9 Å². The van der Waals surface area contributed by atoms with Gasteiger partial charge < -0.3 is 19.4 Å². The second kappa shape index (κ2) is 6.94. The molecule has 2 amide bonds. The Morgan fingerprint density at radius 3 is 2.75 bits per heavy atom. The van der Waals surface area contributed by atoms with Crippen molar-refractivity contribution in [3.05, 3.63) is 23.7 Å². The van der Waals surface area contributed by atoms with Gasteiger partial charge in [-0.3, -0.25) is 0 Å². The van der Waals surface area contributed by atoms with Crippen LogP contribution >= 0.6 is 11.3 Å². The van der Waals surface area contributed by atoms with Gasteiger partial charge in [-0.05, 0) is 23.9 Å². The summed E-state index contributed by atoms with van der Waals surface area (Å²) in [7, 11) is 0. The molecule has 128 valence electrons. The van der Waals surface area contributed by atoms with Gasteiger partial charge in [-0.2, -0.15) is 0 Å². The van der Waals surface area contributed by atoms with Crippen molar-refractivity contribution in [2.24, 2.45) is 0 Å². The van der Waals surface area contributed by atoms with Crippen LogP contribution in [0.5, 0.6) is 0 Å². The van der Waals surface area contributed by atoms with Crippen LogP contribution in [0.25, 0.3) is 10.1 Å². The Hall–Kier alpha value is -1.86. The Kier molecular flexibility index (Phi) is 4.53. The minimum atomic E-state index is 0.154. The smallest absolute Gasteiger partial charge is 0.320 e. The molecule has 4 rings (SSSR count). The molecule has 2 aliphatic rings. The summed E-state index contributed by atoms with van der Waals surface area (Å²) in [6.07, 6.45) is 2.86. The lowest BCUT2D eigenvalue weighted by molar-refractivity contribution is 0.0438. The molecule has 2 aromatic rings. The molecule has 2 aliphatic heterocycles. The van der Waals surface area contributed by atoms with Crippen LogP contribution in [0.3, 0.4) is 0 Å². The molecule has 4 heterocycles. The first-order valence-electron chi connectivity index (χ1n) is 8.52. The van der Waals surface area contributed by atoms with E-state index < -0.39 is 0 Å². The van der Waals surface area contributed by atoms with Gasteiger partial charge in [0.15, 0.2) is 0 Å². The van der Waals surface area contributed by atoms with Crippen LogP contribution in [0.1, 0.15) is 6.42 Å². The number of anilines is 1. The first kappa shape index (κ1) is 15.7. The van der Waals surface area contributed by atoms with E-state index in [1.54, 1.807) is 11.3 Å². The molecule has 2 fully saturated rings. The highest BCUT2D eigenvalue weighted by atomic mass is 32.1. The largest absolute Gasteiger partial charge is 0.378 e. The predicted octanol–water partition coefficient (Wildman–Crippen LogP) is 2.26. The summed E-state index contributed by atoms with van der Waals surface area (Å²) in [6.45, 7) is 6.03. The Balaban J connectivity index is 1.46. The zero-order chi connectivity index (χ0) is 16.4. The number of amides is 2. The van der Waals surface area contributed by atoms with E-state index in [0.717, 1.165) is 38.4 Å². The van der Waals surface area contributed by atoms with Gasteiger partial charge in [-0.25, -0.2) is 9.78 Å². The third kappa shape index (κ3) is 3.06. The average molecular weight is 346 g/mol. The predicted molar refractivity (Wildman–Crippen MR) is 95.8 cm³/mol. The quantitative estimate of drug-likeness (QED) is 0.795. The van der Waals surface area contributed by atoms with Gasteiger partial charge >= 0.3 is 6.03 Å². The first-order valence-corrected chi connectivity index (χ1v) is 9.39. The summed E-state index contributed by atoms with van der Waals surface area (Å²) in [6, 6.07) is 4.36. The Morgan fingerprint density at radius 1 is 1.04 bits per heavy atom. The molecule has 0 radical (unpaired) electrons. The molecule has 24 heavy (non-hydrogen) atoms. The molecule has 0 aromatic carbocycles. The second-order valence-electron chi connectivity index (χ2n) is 6.18. The molecule has 0 spiro atoms. The fourth-order valence-corrected chi connectivity index (χ4v) is 4.18. The lowest BCUT2D eigenvalue weighted by Crippen LogP contribution is -2.49. The number of pyridine rings is 1. The number of hydrogen-bond acceptors (Lipinski definition) is 5. The van der Waals surface area contributed by atoms with Crippen molar-refractivity contribution in [2.45, 2.75) is 6.42 Å². The van der Waals surface area contributed by atoms with Crippen LogP contribution in [0, 0.1) is 0 Å². The molecule has 0 saturated carbocycles. The van der Waals surface area contributed by atoms with Crippen molar-refractivity contribution in [2.75, 3.05) is 57.4 Å². The number of fused-ring (bicyclic) bond motifs is 1. The molecule has 6 nitrogen and oxygen atoms in total. The average Bonchev–Trinajstić information content (AvgIpc) is 2.99. The van der Waals surface area contributed by atoms with E-state index in [4.69, 9.17) is 4.74 Å². The van der Waals surface area contributed by atoms with E-state index in [-0.39, 0.29) is 6.03 Å². The second-order valence-corrected chi connectivity index (χ2v) is 7.12. The highest BCUT2D eigenvalue weighted by Crippen LogP contribution is 2.29. The van der Waals surface area contributed by atoms with Gasteiger partial charge in [-0.15, -0.1) is 11.3 Å². The highest BCUT2D eigenvalue weighted by Gasteiger charge is 2.25. The Labute approximate surface area is 145 Å². The van der Waals surface area contributed by atoms with Gasteiger partial charge in [0.1, 0.15) is 5.82 Å². The number of carbonyl (C=O) groups is 1. The standard InChI is InChI=1S/C17H22N4O2S/c22-17(21-9-11-23-12-10-21)20-6-1-5-19(7-8-20)16-14-3-13-24-15(14)2-4-18-16/h2-4,13H,1,5-12H2. The zero-order valence-corrected chi connectivity index (χ0v) is 14.5. The maximum Gasteiger partial charge on any atom is 0.320 e. The molecule has 0 N–H and O–H groups in total. The summed E-state index contributed by atoms with van der Waals surface area (Å²) >= 11 is 1.75. The van der Waals surface area contributed by atoms with Crippen LogP contribution in [0.15, 0.2) is 23.7 Å². The summed E-state index contributed by atoms with van der Waals surface area (Å²) in [5, 5.41) is 3.33. The number of ether oxygens (including phenoxy) is 1. The fourth-order valence-electron chi connectivity index (χ4n) is 3.41. The van der Waals surface area contributed by atoms with Crippen LogP contribution in [-0.2, 0) is 4.74 Å². The third-order valence-corrected chi connectivity index (χ3v) is 5.59. The number of urea groups is 1. The summed E-state index contributed by atoms with van der Waals surface area (Å²) in [5.74, 6) is 1.05. The fraction of sp³-hybridized carbons (Fsp3) is 0.529. The van der Waals surface area contributed by atoms with Gasteiger partial charge in [0.05, 0.1) is 13.2 Å². The van der Waals surface area contributed by atoms with Crippen molar-refractivity contribution in [1.29, 1.82) is 0 Å². The third-order valence-electron chi connectivity index (χ3n) is 4.71.